The molecule has 16 aromatic rings. The van der Waals surface area contributed by atoms with Crippen LogP contribution < -0.4 is 0 Å². The van der Waals surface area contributed by atoms with Crippen LogP contribution in [0, 0.1) is 0 Å². The van der Waals surface area contributed by atoms with Crippen LogP contribution in [0.5, 0.6) is 0 Å². The van der Waals surface area contributed by atoms with Crippen molar-refractivity contribution in [2.45, 2.75) is 0 Å². The Kier molecular flexibility index (Phi) is 7.52. The summed E-state index contributed by atoms with van der Waals surface area (Å²) in [4.78, 5) is 0. The quantitative estimate of drug-likeness (QED) is 0.173. The highest BCUT2D eigenvalue weighted by molar-refractivity contribution is 6.23. The Labute approximate surface area is 399 Å². The van der Waals surface area contributed by atoms with Gasteiger partial charge in [0.05, 0.1) is 43.9 Å². The molecule has 6 aromatic heterocycles. The van der Waals surface area contributed by atoms with Crippen LogP contribution in [0.15, 0.2) is 239 Å². The number of aromatic nitrogens is 4. The molecule has 0 amide bonds. The summed E-state index contributed by atoms with van der Waals surface area (Å²) in [5, 5.41) is 11.5. The summed E-state index contributed by atoms with van der Waals surface area (Å²) in [6.45, 7) is 0. The van der Waals surface area contributed by atoms with Crippen molar-refractivity contribution >= 4 is 110 Å². The van der Waals surface area contributed by atoms with Crippen LogP contribution in [0.25, 0.3) is 143 Å². The van der Waals surface area contributed by atoms with Gasteiger partial charge in [0.25, 0.3) is 0 Å². The smallest absolute Gasteiger partial charge is 0.213 e. The van der Waals surface area contributed by atoms with E-state index in [9.17, 15) is 0 Å². The molecule has 6 heteroatoms. The molecule has 0 aliphatic carbocycles. The lowest BCUT2D eigenvalue weighted by atomic mass is 10.00. The number of benzene rings is 10. The molecule has 0 fully saturated rings. The van der Waals surface area contributed by atoms with E-state index in [-0.39, 0.29) is 0 Å². The zero-order chi connectivity index (χ0) is 45.6. The highest BCUT2D eigenvalue weighted by Gasteiger charge is 2.24. The minimum absolute atomic E-state index is 0.836. The summed E-state index contributed by atoms with van der Waals surface area (Å²) >= 11 is 0. The molecule has 0 saturated carbocycles. The van der Waals surface area contributed by atoms with Crippen LogP contribution in [0.4, 0.5) is 0 Å². The fraction of sp³-hybridized carbons (Fsp3) is 0. The van der Waals surface area contributed by atoms with Gasteiger partial charge in [0.2, 0.25) is 11.4 Å². The van der Waals surface area contributed by atoms with Crippen LogP contribution in [-0.4, -0.2) is 18.3 Å². The third kappa shape index (κ3) is 5.11. The van der Waals surface area contributed by atoms with Crippen LogP contribution in [0.2, 0.25) is 0 Å². The lowest BCUT2D eigenvalue weighted by molar-refractivity contribution is 0.645. The standard InChI is InChI=1S/C64H38N4O2/c1-3-15-41(16-4-1)65-53-23-11-7-19-45(53)49-37-43(29-33-55(49)65)67-57-31-27-39(35-51(57)61-47-21-9-13-25-59(47)69-63(61)67)40-28-32-58-52(36-40)62-48-22-10-14-26-60(48)70-64(62)68(58)44-30-34-56-50(38-44)46-20-8-12-24-54(46)66(56)42-17-5-2-6-18-42/h1-38H. The zero-order valence-electron chi connectivity index (χ0n) is 37.5. The van der Waals surface area contributed by atoms with Crippen LogP contribution in [-0.2, 0) is 0 Å². The highest BCUT2D eigenvalue weighted by atomic mass is 16.3. The van der Waals surface area contributed by atoms with E-state index in [2.05, 4.69) is 249 Å². The number of rotatable bonds is 5. The molecule has 16 rings (SSSR count). The van der Waals surface area contributed by atoms with Gasteiger partial charge in [-0.05, 0) is 120 Å². The Morgan fingerprint density at radius 1 is 0.229 bits per heavy atom. The number of fused-ring (bicyclic) bond motifs is 16. The van der Waals surface area contributed by atoms with Crippen molar-refractivity contribution in [3.8, 4) is 33.9 Å². The van der Waals surface area contributed by atoms with Crippen molar-refractivity contribution in [1.82, 2.24) is 18.3 Å². The second-order valence-electron chi connectivity index (χ2n) is 18.5. The molecular weight excluding hydrogens is 857 g/mol. The molecule has 0 atom stereocenters. The molecule has 10 aromatic carbocycles. The minimum atomic E-state index is 0.836. The van der Waals surface area contributed by atoms with Crippen molar-refractivity contribution in [3.05, 3.63) is 231 Å². The van der Waals surface area contributed by atoms with E-state index in [4.69, 9.17) is 8.83 Å². The fourth-order valence-electron chi connectivity index (χ4n) is 11.8. The second-order valence-corrected chi connectivity index (χ2v) is 18.5. The predicted molar refractivity (Wildman–Crippen MR) is 289 cm³/mol. The number of nitrogens with zero attached hydrogens (tertiary/aromatic N) is 4. The Morgan fingerprint density at radius 2 is 0.586 bits per heavy atom. The topological polar surface area (TPSA) is 46.0 Å². The van der Waals surface area contributed by atoms with Crippen LogP contribution in [0.1, 0.15) is 0 Å². The van der Waals surface area contributed by atoms with E-state index in [0.717, 1.165) is 111 Å². The van der Waals surface area contributed by atoms with Crippen molar-refractivity contribution in [2.75, 3.05) is 0 Å². The summed E-state index contributed by atoms with van der Waals surface area (Å²) in [6, 6.07) is 82.9. The van der Waals surface area contributed by atoms with Crippen LogP contribution in [0.3, 0.4) is 0 Å². The Morgan fingerprint density at radius 3 is 1.04 bits per heavy atom. The molecule has 326 valence electrons. The molecule has 0 bridgehead atoms. The maximum Gasteiger partial charge on any atom is 0.213 e. The van der Waals surface area contributed by atoms with Gasteiger partial charge in [0.1, 0.15) is 11.2 Å². The van der Waals surface area contributed by atoms with E-state index in [0.29, 0.717) is 0 Å². The van der Waals surface area contributed by atoms with Crippen LogP contribution >= 0.6 is 0 Å². The maximum absolute atomic E-state index is 6.84. The van der Waals surface area contributed by atoms with E-state index >= 15 is 0 Å². The predicted octanol–water partition coefficient (Wildman–Crippen LogP) is 17.2. The number of para-hydroxylation sites is 6. The van der Waals surface area contributed by atoms with Gasteiger partial charge in [-0.3, -0.25) is 9.13 Å². The van der Waals surface area contributed by atoms with E-state index in [1.54, 1.807) is 0 Å². The molecule has 70 heavy (non-hydrogen) atoms. The van der Waals surface area contributed by atoms with E-state index in [1.807, 2.05) is 0 Å². The van der Waals surface area contributed by atoms with Gasteiger partial charge in [-0.25, -0.2) is 0 Å². The fourth-order valence-corrected chi connectivity index (χ4v) is 11.8. The molecule has 0 spiro atoms. The molecule has 0 unspecified atom stereocenters. The monoisotopic (exact) mass is 894 g/mol. The molecule has 0 aliphatic rings. The number of hydrogen-bond donors (Lipinski definition) is 0. The summed E-state index contributed by atoms with van der Waals surface area (Å²) in [5.41, 5.74) is 16.9. The first kappa shape index (κ1) is 37.6. The van der Waals surface area contributed by atoms with Gasteiger partial charge < -0.3 is 18.0 Å². The Bertz CT molecular complexity index is 4520. The minimum Gasteiger partial charge on any atom is -0.439 e. The third-order valence-corrected chi connectivity index (χ3v) is 14.8. The molecule has 0 N–H and O–H groups in total. The lowest BCUT2D eigenvalue weighted by Gasteiger charge is -2.10. The molecule has 0 aliphatic heterocycles. The summed E-state index contributed by atoms with van der Waals surface area (Å²) in [5.74, 6) is 0. The summed E-state index contributed by atoms with van der Waals surface area (Å²) < 4.78 is 23.0. The third-order valence-electron chi connectivity index (χ3n) is 14.8. The van der Waals surface area contributed by atoms with Gasteiger partial charge in [-0.2, -0.15) is 0 Å². The van der Waals surface area contributed by atoms with Gasteiger partial charge >= 0.3 is 0 Å². The van der Waals surface area contributed by atoms with Crippen molar-refractivity contribution in [1.29, 1.82) is 0 Å². The van der Waals surface area contributed by atoms with Gasteiger partial charge in [0, 0.05) is 65.8 Å². The molecule has 0 radical (unpaired) electrons. The van der Waals surface area contributed by atoms with Crippen molar-refractivity contribution in [3.63, 3.8) is 0 Å². The van der Waals surface area contributed by atoms with Gasteiger partial charge in [-0.15, -0.1) is 0 Å². The van der Waals surface area contributed by atoms with Gasteiger partial charge in [0.15, 0.2) is 0 Å². The SMILES string of the molecule is c1ccc(-n2c3ccccc3c3cc(-n4c5ccc(-c6ccc7c(c6)c6c8ccccc8oc6n7-c6ccc7c(c6)c6ccccc6n7-c6ccccc6)cc5c5c6ccccc6oc54)ccc32)cc1. The highest BCUT2D eigenvalue weighted by Crippen LogP contribution is 2.45. The second kappa shape index (κ2) is 14.0. The van der Waals surface area contributed by atoms with Gasteiger partial charge in [-0.1, -0.05) is 121 Å². The first-order chi connectivity index (χ1) is 34.7. The normalized spacial score (nSPS) is 12.3. The maximum atomic E-state index is 6.84. The average Bonchev–Trinajstić information content (AvgIpc) is 4.26. The number of hydrogen-bond acceptors (Lipinski definition) is 2. The summed E-state index contributed by atoms with van der Waals surface area (Å²) in [6.07, 6.45) is 0. The number of furan rings is 2. The average molecular weight is 895 g/mol. The Hall–Kier alpha value is -9.52. The largest absolute Gasteiger partial charge is 0.439 e. The zero-order valence-corrected chi connectivity index (χ0v) is 37.5. The van der Waals surface area contributed by atoms with E-state index < -0.39 is 0 Å². The molecule has 6 heterocycles. The summed E-state index contributed by atoms with van der Waals surface area (Å²) in [7, 11) is 0. The first-order valence-electron chi connectivity index (χ1n) is 23.8. The Balaban J connectivity index is 0.898. The lowest BCUT2D eigenvalue weighted by Crippen LogP contribution is -1.95. The van der Waals surface area contributed by atoms with Crippen molar-refractivity contribution < 1.29 is 8.83 Å². The van der Waals surface area contributed by atoms with E-state index in [1.165, 1.54) is 32.6 Å². The molecule has 6 nitrogen and oxygen atoms in total. The molecule has 0 saturated heterocycles. The first-order valence-corrected chi connectivity index (χ1v) is 23.8. The molecular formula is C64H38N4O2. The van der Waals surface area contributed by atoms with Crippen molar-refractivity contribution in [2.24, 2.45) is 0 Å².